The largest absolute Gasteiger partial charge is 0.314 e. The summed E-state index contributed by atoms with van der Waals surface area (Å²) < 4.78 is 2.15. The van der Waals surface area contributed by atoms with Crippen LogP contribution in [-0.4, -0.2) is 22.4 Å². The Morgan fingerprint density at radius 3 is 3.20 bits per heavy atom. The van der Waals surface area contributed by atoms with Crippen LogP contribution in [0.4, 0.5) is 0 Å². The van der Waals surface area contributed by atoms with Crippen molar-refractivity contribution < 1.29 is 0 Å². The van der Waals surface area contributed by atoms with E-state index in [-0.39, 0.29) is 0 Å². The minimum atomic E-state index is 0.672. The molecule has 1 aliphatic rings. The zero-order valence-electron chi connectivity index (χ0n) is 9.58. The van der Waals surface area contributed by atoms with E-state index in [1.54, 1.807) is 0 Å². The minimum absolute atomic E-state index is 0.672. The number of nitrogens with one attached hydrogen (secondary N) is 1. The highest BCUT2D eigenvalue weighted by molar-refractivity contribution is 5.03. The molecule has 0 saturated carbocycles. The number of aromatic nitrogens is 2. The Bertz CT molecular complexity index is 287. The second kappa shape index (κ2) is 5.31. The Labute approximate surface area is 91.9 Å². The highest BCUT2D eigenvalue weighted by Crippen LogP contribution is 2.12. The highest BCUT2D eigenvalue weighted by Gasteiger charge is 2.14. The number of hydrogen-bond acceptors (Lipinski definition) is 2. The molecule has 1 fully saturated rings. The first kappa shape index (κ1) is 10.7. The normalized spacial score (nSPS) is 21.8. The van der Waals surface area contributed by atoms with Gasteiger partial charge in [0.1, 0.15) is 0 Å². The van der Waals surface area contributed by atoms with E-state index in [0.29, 0.717) is 6.04 Å². The molecule has 1 aromatic rings. The molecule has 2 rings (SSSR count). The van der Waals surface area contributed by atoms with Crippen molar-refractivity contribution in [2.24, 2.45) is 0 Å². The van der Waals surface area contributed by atoms with Crippen LogP contribution >= 0.6 is 0 Å². The van der Waals surface area contributed by atoms with Gasteiger partial charge in [0.2, 0.25) is 0 Å². The third-order valence-corrected chi connectivity index (χ3v) is 3.11. The number of hydrogen-bond donors (Lipinski definition) is 1. The van der Waals surface area contributed by atoms with Crippen LogP contribution in [0.5, 0.6) is 0 Å². The summed E-state index contributed by atoms with van der Waals surface area (Å²) in [5.74, 6) is 0. The van der Waals surface area contributed by atoms with E-state index in [1.807, 2.05) is 6.20 Å². The molecule has 1 saturated heterocycles. The maximum atomic E-state index is 4.36. The molecule has 0 aliphatic carbocycles. The minimum Gasteiger partial charge on any atom is -0.314 e. The molecule has 2 heterocycles. The van der Waals surface area contributed by atoms with Gasteiger partial charge in [0, 0.05) is 30.9 Å². The lowest BCUT2D eigenvalue weighted by molar-refractivity contribution is 0.389. The van der Waals surface area contributed by atoms with Crippen LogP contribution in [0, 0.1) is 0 Å². The van der Waals surface area contributed by atoms with Crippen molar-refractivity contribution in [3.8, 4) is 0 Å². The van der Waals surface area contributed by atoms with E-state index < -0.39 is 0 Å². The zero-order chi connectivity index (χ0) is 10.5. The maximum absolute atomic E-state index is 4.36. The third kappa shape index (κ3) is 2.81. The van der Waals surface area contributed by atoms with Gasteiger partial charge in [-0.05, 0) is 31.9 Å². The quantitative estimate of drug-likeness (QED) is 0.818. The van der Waals surface area contributed by atoms with Crippen LogP contribution in [-0.2, 0) is 13.0 Å². The Morgan fingerprint density at radius 2 is 2.47 bits per heavy atom. The molecule has 0 aromatic carbocycles. The van der Waals surface area contributed by atoms with Crippen molar-refractivity contribution >= 4 is 0 Å². The van der Waals surface area contributed by atoms with Crippen molar-refractivity contribution in [3.05, 3.63) is 18.0 Å². The lowest BCUT2D eigenvalue weighted by atomic mass is 10.0. The summed E-state index contributed by atoms with van der Waals surface area (Å²) in [5.41, 5.74) is 1.39. The molecule has 0 spiro atoms. The molecule has 1 N–H and O–H groups in total. The standard InChI is InChI=1S/C12H21N3/c1-2-9-15-12(6-8-14-15)10-11-5-3-4-7-13-11/h6,8,11,13H,2-5,7,9-10H2,1H3. The molecule has 3 heteroatoms. The number of rotatable bonds is 4. The predicted molar refractivity (Wildman–Crippen MR) is 61.9 cm³/mol. The first-order valence-corrected chi connectivity index (χ1v) is 6.14. The molecule has 0 radical (unpaired) electrons. The molecule has 3 nitrogen and oxygen atoms in total. The molecule has 15 heavy (non-hydrogen) atoms. The van der Waals surface area contributed by atoms with Crippen LogP contribution in [0.25, 0.3) is 0 Å². The zero-order valence-corrected chi connectivity index (χ0v) is 9.58. The van der Waals surface area contributed by atoms with Crippen molar-refractivity contribution in [1.29, 1.82) is 0 Å². The van der Waals surface area contributed by atoms with E-state index in [2.05, 4.69) is 28.1 Å². The van der Waals surface area contributed by atoms with Gasteiger partial charge in [-0.15, -0.1) is 0 Å². The topological polar surface area (TPSA) is 29.9 Å². The summed E-state index contributed by atoms with van der Waals surface area (Å²) in [6.07, 6.45) is 8.25. The molecule has 84 valence electrons. The molecule has 0 bridgehead atoms. The van der Waals surface area contributed by atoms with Crippen LogP contribution < -0.4 is 5.32 Å². The molecule has 1 unspecified atom stereocenters. The lowest BCUT2D eigenvalue weighted by Crippen LogP contribution is -2.36. The second-order valence-corrected chi connectivity index (χ2v) is 4.40. The van der Waals surface area contributed by atoms with Crippen LogP contribution in [0.2, 0.25) is 0 Å². The van der Waals surface area contributed by atoms with E-state index in [4.69, 9.17) is 0 Å². The Morgan fingerprint density at radius 1 is 1.53 bits per heavy atom. The van der Waals surface area contributed by atoms with Gasteiger partial charge in [-0.25, -0.2) is 0 Å². The first-order chi connectivity index (χ1) is 7.40. The summed E-state index contributed by atoms with van der Waals surface area (Å²) in [7, 11) is 0. The molecule has 1 aliphatic heterocycles. The maximum Gasteiger partial charge on any atom is 0.0492 e. The summed E-state index contributed by atoms with van der Waals surface area (Å²) in [4.78, 5) is 0. The molecular weight excluding hydrogens is 186 g/mol. The van der Waals surface area contributed by atoms with E-state index in [9.17, 15) is 0 Å². The van der Waals surface area contributed by atoms with E-state index in [0.717, 1.165) is 19.4 Å². The first-order valence-electron chi connectivity index (χ1n) is 6.14. The predicted octanol–water partition coefficient (Wildman–Crippen LogP) is 1.98. The summed E-state index contributed by atoms with van der Waals surface area (Å²) >= 11 is 0. The smallest absolute Gasteiger partial charge is 0.0492 e. The molecule has 0 amide bonds. The van der Waals surface area contributed by atoms with Crippen molar-refractivity contribution in [2.75, 3.05) is 6.54 Å². The fraction of sp³-hybridized carbons (Fsp3) is 0.750. The van der Waals surface area contributed by atoms with Crippen molar-refractivity contribution in [1.82, 2.24) is 15.1 Å². The summed E-state index contributed by atoms with van der Waals surface area (Å²) in [6.45, 7) is 4.44. The lowest BCUT2D eigenvalue weighted by Gasteiger charge is -2.23. The number of aryl methyl sites for hydroxylation is 1. The average molecular weight is 207 g/mol. The SMILES string of the molecule is CCCn1nccc1CC1CCCCN1. The van der Waals surface area contributed by atoms with Crippen molar-refractivity contribution in [2.45, 2.75) is 51.6 Å². The monoisotopic (exact) mass is 207 g/mol. The highest BCUT2D eigenvalue weighted by atomic mass is 15.3. The van der Waals surface area contributed by atoms with Gasteiger partial charge in [-0.1, -0.05) is 13.3 Å². The fourth-order valence-corrected chi connectivity index (χ4v) is 2.30. The van der Waals surface area contributed by atoms with Crippen LogP contribution in [0.3, 0.4) is 0 Å². The van der Waals surface area contributed by atoms with Crippen LogP contribution in [0.1, 0.15) is 38.3 Å². The molecular formula is C12H21N3. The summed E-state index contributed by atoms with van der Waals surface area (Å²) in [5, 5.41) is 7.95. The van der Waals surface area contributed by atoms with Gasteiger partial charge in [0.25, 0.3) is 0 Å². The van der Waals surface area contributed by atoms with Gasteiger partial charge in [0.15, 0.2) is 0 Å². The number of piperidine rings is 1. The third-order valence-electron chi connectivity index (χ3n) is 3.11. The van der Waals surface area contributed by atoms with Gasteiger partial charge < -0.3 is 5.32 Å². The van der Waals surface area contributed by atoms with Gasteiger partial charge in [-0.2, -0.15) is 5.10 Å². The summed E-state index contributed by atoms with van der Waals surface area (Å²) in [6, 6.07) is 2.83. The Balaban J connectivity index is 1.93. The Hall–Kier alpha value is -0.830. The van der Waals surface area contributed by atoms with Gasteiger partial charge >= 0.3 is 0 Å². The van der Waals surface area contributed by atoms with Crippen LogP contribution in [0.15, 0.2) is 12.3 Å². The molecule has 1 aromatic heterocycles. The number of nitrogens with zero attached hydrogens (tertiary/aromatic N) is 2. The Kier molecular flexibility index (Phi) is 3.78. The van der Waals surface area contributed by atoms with Gasteiger partial charge in [-0.3, -0.25) is 4.68 Å². The van der Waals surface area contributed by atoms with Gasteiger partial charge in [0.05, 0.1) is 0 Å². The van der Waals surface area contributed by atoms with Crippen molar-refractivity contribution in [3.63, 3.8) is 0 Å². The average Bonchev–Trinajstić information content (AvgIpc) is 2.68. The molecule has 1 atom stereocenters. The van der Waals surface area contributed by atoms with E-state index in [1.165, 1.54) is 31.5 Å². The second-order valence-electron chi connectivity index (χ2n) is 4.40. The van der Waals surface area contributed by atoms with E-state index >= 15 is 0 Å². The fourth-order valence-electron chi connectivity index (χ4n) is 2.30.